The maximum absolute atomic E-state index is 11.9. The van der Waals surface area contributed by atoms with Crippen molar-refractivity contribution in [2.24, 2.45) is 0 Å². The van der Waals surface area contributed by atoms with E-state index in [2.05, 4.69) is 10.3 Å². The molecule has 0 saturated heterocycles. The number of amides is 1. The Hall–Kier alpha value is -2.62. The van der Waals surface area contributed by atoms with E-state index in [0.717, 1.165) is 22.6 Å². The van der Waals surface area contributed by atoms with Crippen LogP contribution in [0.25, 0.3) is 5.65 Å². The van der Waals surface area contributed by atoms with Gasteiger partial charge in [0.2, 0.25) is 5.91 Å². The lowest BCUT2D eigenvalue weighted by Gasteiger charge is -2.03. The van der Waals surface area contributed by atoms with E-state index in [1.807, 2.05) is 66.1 Å². The number of pyridine rings is 1. The maximum atomic E-state index is 11.9. The van der Waals surface area contributed by atoms with E-state index in [1.54, 1.807) is 0 Å². The van der Waals surface area contributed by atoms with Crippen LogP contribution < -0.4 is 5.32 Å². The number of nitrogens with one attached hydrogen (secondary N) is 1. The first-order chi connectivity index (χ1) is 10.2. The highest BCUT2D eigenvalue weighted by atomic mass is 16.1. The van der Waals surface area contributed by atoms with Crippen molar-refractivity contribution >= 4 is 11.6 Å². The molecule has 1 amide bonds. The summed E-state index contributed by atoms with van der Waals surface area (Å²) >= 11 is 0. The fourth-order valence-corrected chi connectivity index (χ4v) is 2.32. The molecule has 1 aromatic carbocycles. The molecule has 21 heavy (non-hydrogen) atoms. The van der Waals surface area contributed by atoms with E-state index >= 15 is 0 Å². The van der Waals surface area contributed by atoms with Crippen LogP contribution >= 0.6 is 0 Å². The summed E-state index contributed by atoms with van der Waals surface area (Å²) in [7, 11) is 0. The minimum Gasteiger partial charge on any atom is -0.350 e. The van der Waals surface area contributed by atoms with Gasteiger partial charge in [0.05, 0.1) is 18.7 Å². The van der Waals surface area contributed by atoms with E-state index in [1.165, 1.54) is 0 Å². The van der Waals surface area contributed by atoms with Gasteiger partial charge in [0.15, 0.2) is 0 Å². The van der Waals surface area contributed by atoms with E-state index in [-0.39, 0.29) is 5.91 Å². The summed E-state index contributed by atoms with van der Waals surface area (Å²) in [5.41, 5.74) is 3.91. The Morgan fingerprint density at radius 1 is 1.14 bits per heavy atom. The summed E-state index contributed by atoms with van der Waals surface area (Å²) in [5.74, 6) is 0.00924. The minimum absolute atomic E-state index is 0.00924. The largest absolute Gasteiger partial charge is 0.350 e. The molecule has 1 N–H and O–H groups in total. The van der Waals surface area contributed by atoms with Gasteiger partial charge in [0.25, 0.3) is 0 Å². The predicted molar refractivity (Wildman–Crippen MR) is 81.9 cm³/mol. The Balaban J connectivity index is 1.64. The third-order valence-electron chi connectivity index (χ3n) is 3.42. The quantitative estimate of drug-likeness (QED) is 0.797. The van der Waals surface area contributed by atoms with Crippen LogP contribution in [-0.4, -0.2) is 15.3 Å². The molecule has 0 aliphatic rings. The van der Waals surface area contributed by atoms with Crippen LogP contribution in [0.2, 0.25) is 0 Å². The highest BCUT2D eigenvalue weighted by Gasteiger charge is 2.06. The van der Waals surface area contributed by atoms with Crippen molar-refractivity contribution in [1.82, 2.24) is 14.7 Å². The zero-order valence-corrected chi connectivity index (χ0v) is 11.9. The third-order valence-corrected chi connectivity index (χ3v) is 3.42. The Morgan fingerprint density at radius 2 is 1.95 bits per heavy atom. The fraction of sp³-hybridized carbons (Fsp3) is 0.176. The first-order valence-corrected chi connectivity index (χ1v) is 6.96. The van der Waals surface area contributed by atoms with Crippen LogP contribution in [0, 0.1) is 6.92 Å². The molecule has 2 aromatic heterocycles. The van der Waals surface area contributed by atoms with Crippen molar-refractivity contribution in [2.45, 2.75) is 19.9 Å². The number of nitrogens with zero attached hydrogens (tertiary/aromatic N) is 2. The lowest BCUT2D eigenvalue weighted by atomic mass is 10.1. The lowest BCUT2D eigenvalue weighted by Crippen LogP contribution is -2.24. The Bertz CT molecular complexity index is 762. The maximum Gasteiger partial charge on any atom is 0.224 e. The second-order valence-corrected chi connectivity index (χ2v) is 5.07. The number of hydrogen-bond donors (Lipinski definition) is 1. The number of hydrogen-bond acceptors (Lipinski definition) is 2. The van der Waals surface area contributed by atoms with Gasteiger partial charge in [-0.1, -0.05) is 36.4 Å². The number of benzene rings is 1. The summed E-state index contributed by atoms with van der Waals surface area (Å²) in [4.78, 5) is 16.4. The van der Waals surface area contributed by atoms with Gasteiger partial charge in [0.1, 0.15) is 5.65 Å². The molecule has 2 heterocycles. The van der Waals surface area contributed by atoms with Crippen molar-refractivity contribution in [3.63, 3.8) is 0 Å². The summed E-state index contributed by atoms with van der Waals surface area (Å²) in [6.07, 6.45) is 2.36. The van der Waals surface area contributed by atoms with E-state index in [0.29, 0.717) is 13.0 Å². The Kier molecular flexibility index (Phi) is 3.69. The highest BCUT2D eigenvalue weighted by molar-refractivity contribution is 5.78. The molecule has 0 bridgehead atoms. The van der Waals surface area contributed by atoms with Crippen molar-refractivity contribution in [1.29, 1.82) is 0 Å². The monoisotopic (exact) mass is 279 g/mol. The average molecular weight is 279 g/mol. The second kappa shape index (κ2) is 5.79. The normalized spacial score (nSPS) is 10.7. The zero-order chi connectivity index (χ0) is 14.7. The number of aromatic nitrogens is 2. The van der Waals surface area contributed by atoms with Crippen molar-refractivity contribution in [2.75, 3.05) is 0 Å². The van der Waals surface area contributed by atoms with Crippen LogP contribution in [-0.2, 0) is 17.8 Å². The molecular weight excluding hydrogens is 262 g/mol. The Labute approximate surface area is 123 Å². The van der Waals surface area contributed by atoms with Crippen LogP contribution in [0.15, 0.2) is 54.7 Å². The second-order valence-electron chi connectivity index (χ2n) is 5.07. The standard InChI is InChI=1S/C17H17N3O/c1-13-6-5-9-16-19-15(12-20(13)16)11-18-17(21)10-14-7-3-2-4-8-14/h2-9,12H,10-11H2,1H3,(H,18,21). The number of fused-ring (bicyclic) bond motifs is 1. The number of carbonyl (C=O) groups is 1. The Morgan fingerprint density at radius 3 is 2.71 bits per heavy atom. The first-order valence-electron chi connectivity index (χ1n) is 6.96. The molecule has 3 aromatic rings. The molecule has 3 rings (SSSR count). The SMILES string of the molecule is Cc1cccc2nc(CNC(=O)Cc3ccccc3)cn12. The summed E-state index contributed by atoms with van der Waals surface area (Å²) in [5, 5.41) is 2.91. The highest BCUT2D eigenvalue weighted by Crippen LogP contribution is 2.08. The van der Waals surface area contributed by atoms with Crippen LogP contribution in [0.5, 0.6) is 0 Å². The van der Waals surface area contributed by atoms with Gasteiger partial charge in [-0.15, -0.1) is 0 Å². The average Bonchev–Trinajstić information content (AvgIpc) is 2.91. The fourth-order valence-electron chi connectivity index (χ4n) is 2.32. The van der Waals surface area contributed by atoms with Crippen molar-refractivity contribution < 1.29 is 4.79 Å². The molecule has 0 fully saturated rings. The van der Waals surface area contributed by atoms with Crippen molar-refractivity contribution in [3.8, 4) is 0 Å². The topological polar surface area (TPSA) is 46.4 Å². The minimum atomic E-state index is 0.00924. The number of imidazole rings is 1. The van der Waals surface area contributed by atoms with Gasteiger partial charge in [0, 0.05) is 11.9 Å². The molecule has 0 radical (unpaired) electrons. The number of aryl methyl sites for hydroxylation is 1. The molecule has 0 unspecified atom stereocenters. The molecule has 4 nitrogen and oxygen atoms in total. The molecule has 0 aliphatic carbocycles. The smallest absolute Gasteiger partial charge is 0.224 e. The third kappa shape index (κ3) is 3.11. The summed E-state index contributed by atoms with van der Waals surface area (Å²) in [6.45, 7) is 2.49. The van der Waals surface area contributed by atoms with Crippen LogP contribution in [0.4, 0.5) is 0 Å². The molecule has 4 heteroatoms. The van der Waals surface area contributed by atoms with Crippen molar-refractivity contribution in [3.05, 3.63) is 71.7 Å². The zero-order valence-electron chi connectivity index (χ0n) is 11.9. The predicted octanol–water partition coefficient (Wildman–Crippen LogP) is 2.50. The van der Waals surface area contributed by atoms with E-state index < -0.39 is 0 Å². The van der Waals surface area contributed by atoms with Gasteiger partial charge in [-0.2, -0.15) is 0 Å². The van der Waals surface area contributed by atoms with Crippen LogP contribution in [0.1, 0.15) is 17.0 Å². The molecule has 0 aliphatic heterocycles. The van der Waals surface area contributed by atoms with E-state index in [9.17, 15) is 4.79 Å². The van der Waals surface area contributed by atoms with Gasteiger partial charge >= 0.3 is 0 Å². The summed E-state index contributed by atoms with van der Waals surface area (Å²) < 4.78 is 2.03. The van der Waals surface area contributed by atoms with Gasteiger partial charge in [-0.05, 0) is 24.6 Å². The molecular formula is C17H17N3O. The first kappa shape index (κ1) is 13.4. The molecule has 0 saturated carbocycles. The van der Waals surface area contributed by atoms with Crippen LogP contribution in [0.3, 0.4) is 0 Å². The molecule has 106 valence electrons. The number of rotatable bonds is 4. The van der Waals surface area contributed by atoms with Gasteiger partial charge in [-0.3, -0.25) is 4.79 Å². The molecule has 0 atom stereocenters. The lowest BCUT2D eigenvalue weighted by molar-refractivity contribution is -0.120. The summed E-state index contributed by atoms with van der Waals surface area (Å²) in [6, 6.07) is 15.7. The van der Waals surface area contributed by atoms with Gasteiger partial charge in [-0.25, -0.2) is 4.98 Å². The van der Waals surface area contributed by atoms with Gasteiger partial charge < -0.3 is 9.72 Å². The van der Waals surface area contributed by atoms with E-state index in [4.69, 9.17) is 0 Å². The number of carbonyl (C=O) groups excluding carboxylic acids is 1. The molecule has 0 spiro atoms.